The molecule has 2 rings (SSSR count). The molecule has 116 valence electrons. The lowest BCUT2D eigenvalue weighted by molar-refractivity contribution is -0.141. The molecule has 0 bridgehead atoms. The van der Waals surface area contributed by atoms with Crippen molar-refractivity contribution < 1.29 is 9.90 Å². The lowest BCUT2D eigenvalue weighted by Gasteiger charge is -2.39. The molecule has 4 heteroatoms. The highest BCUT2D eigenvalue weighted by Gasteiger charge is 2.21. The van der Waals surface area contributed by atoms with Gasteiger partial charge in [0.1, 0.15) is 0 Å². The molecule has 0 aromatic heterocycles. The number of benzene rings is 1. The Morgan fingerprint density at radius 3 is 2.33 bits per heavy atom. The normalized spacial score (nSPS) is 18.0. The molecule has 1 aliphatic heterocycles. The Kier molecular flexibility index (Phi) is 5.23. The third kappa shape index (κ3) is 3.97. The molecule has 1 N–H and O–H groups in total. The summed E-state index contributed by atoms with van der Waals surface area (Å²) in [5.74, 6) is -1.07. The van der Waals surface area contributed by atoms with Gasteiger partial charge >= 0.3 is 5.97 Å². The number of aliphatic carboxylic acids is 1. The first-order valence-corrected chi connectivity index (χ1v) is 7.78. The second-order valence-electron chi connectivity index (χ2n) is 6.19. The molecule has 21 heavy (non-hydrogen) atoms. The van der Waals surface area contributed by atoms with Crippen molar-refractivity contribution >= 4 is 11.7 Å². The largest absolute Gasteiger partial charge is 0.481 e. The van der Waals surface area contributed by atoms with E-state index >= 15 is 0 Å². The van der Waals surface area contributed by atoms with E-state index in [0.29, 0.717) is 12.5 Å². The Morgan fingerprint density at radius 1 is 1.14 bits per heavy atom. The van der Waals surface area contributed by atoms with Crippen molar-refractivity contribution in [2.75, 3.05) is 31.1 Å². The van der Waals surface area contributed by atoms with Crippen LogP contribution in [0.25, 0.3) is 0 Å². The van der Waals surface area contributed by atoms with Gasteiger partial charge in [-0.15, -0.1) is 0 Å². The Bertz CT molecular complexity index is 479. The zero-order valence-electron chi connectivity index (χ0n) is 13.2. The average molecular weight is 290 g/mol. The summed E-state index contributed by atoms with van der Waals surface area (Å²) in [4.78, 5) is 16.0. The highest BCUT2D eigenvalue weighted by Crippen LogP contribution is 2.24. The molecule has 1 atom stereocenters. The molecule has 1 heterocycles. The average Bonchev–Trinajstić information content (AvgIpc) is 2.47. The Labute approximate surface area is 127 Å². The maximum Gasteiger partial charge on any atom is 0.306 e. The minimum Gasteiger partial charge on any atom is -0.481 e. The highest BCUT2D eigenvalue weighted by molar-refractivity contribution is 5.70. The minimum absolute atomic E-state index is 0.344. The molecule has 4 nitrogen and oxygen atoms in total. The molecule has 1 fully saturated rings. The van der Waals surface area contributed by atoms with Crippen LogP contribution in [0.5, 0.6) is 0 Å². The van der Waals surface area contributed by atoms with Gasteiger partial charge in [0.25, 0.3) is 0 Å². The van der Waals surface area contributed by atoms with Crippen LogP contribution in [-0.4, -0.2) is 48.2 Å². The van der Waals surface area contributed by atoms with Gasteiger partial charge < -0.3 is 10.0 Å². The van der Waals surface area contributed by atoms with E-state index in [-0.39, 0.29) is 5.92 Å². The van der Waals surface area contributed by atoms with Crippen LogP contribution in [0.1, 0.15) is 26.3 Å². The molecule has 1 aliphatic rings. The summed E-state index contributed by atoms with van der Waals surface area (Å²) in [5, 5.41) is 9.12. The quantitative estimate of drug-likeness (QED) is 0.905. The molecular weight excluding hydrogens is 264 g/mol. The first kappa shape index (κ1) is 15.8. The molecular formula is C17H26N2O2. The fourth-order valence-corrected chi connectivity index (χ4v) is 2.89. The van der Waals surface area contributed by atoms with Crippen molar-refractivity contribution in [2.24, 2.45) is 5.92 Å². The van der Waals surface area contributed by atoms with Gasteiger partial charge in [-0.1, -0.05) is 25.1 Å². The van der Waals surface area contributed by atoms with Crippen molar-refractivity contribution in [1.29, 1.82) is 0 Å². The van der Waals surface area contributed by atoms with E-state index in [0.717, 1.165) is 31.7 Å². The van der Waals surface area contributed by atoms with Gasteiger partial charge in [0.05, 0.1) is 5.92 Å². The monoisotopic (exact) mass is 290 g/mol. The van der Waals surface area contributed by atoms with E-state index in [2.05, 4.69) is 35.8 Å². The SMILES string of the molecule is CC(Cc1ccccc1N1CCN(C(C)C)CC1)C(=O)O. The van der Waals surface area contributed by atoms with E-state index in [9.17, 15) is 4.79 Å². The number of anilines is 1. The number of carboxylic acid groups (broad SMARTS) is 1. The summed E-state index contributed by atoms with van der Waals surface area (Å²) in [6.45, 7) is 10.4. The van der Waals surface area contributed by atoms with Gasteiger partial charge in [-0.05, 0) is 31.9 Å². The molecule has 0 radical (unpaired) electrons. The van der Waals surface area contributed by atoms with E-state index in [1.165, 1.54) is 5.69 Å². The van der Waals surface area contributed by atoms with Crippen LogP contribution in [0.3, 0.4) is 0 Å². The molecule has 1 aromatic carbocycles. The van der Waals surface area contributed by atoms with Gasteiger partial charge in [0, 0.05) is 37.9 Å². The smallest absolute Gasteiger partial charge is 0.306 e. The standard InChI is InChI=1S/C17H26N2O2/c1-13(2)18-8-10-19(11-9-18)16-7-5-4-6-15(16)12-14(3)17(20)21/h4-7,13-14H,8-12H2,1-3H3,(H,20,21). The van der Waals surface area contributed by atoms with Gasteiger partial charge in [-0.2, -0.15) is 0 Å². The van der Waals surface area contributed by atoms with E-state index in [1.807, 2.05) is 12.1 Å². The van der Waals surface area contributed by atoms with Gasteiger partial charge in [-0.25, -0.2) is 0 Å². The third-order valence-corrected chi connectivity index (χ3v) is 4.32. The topological polar surface area (TPSA) is 43.8 Å². The number of carbonyl (C=O) groups is 1. The zero-order chi connectivity index (χ0) is 15.4. The predicted octanol–water partition coefficient (Wildman–Crippen LogP) is 2.48. The summed E-state index contributed by atoms with van der Waals surface area (Å²) >= 11 is 0. The molecule has 0 amide bonds. The Hall–Kier alpha value is -1.55. The van der Waals surface area contributed by atoms with E-state index < -0.39 is 5.97 Å². The van der Waals surface area contributed by atoms with Gasteiger partial charge in [0.2, 0.25) is 0 Å². The van der Waals surface area contributed by atoms with Crippen molar-refractivity contribution in [1.82, 2.24) is 4.90 Å². The number of nitrogens with zero attached hydrogens (tertiary/aromatic N) is 2. The van der Waals surface area contributed by atoms with Crippen LogP contribution in [-0.2, 0) is 11.2 Å². The lowest BCUT2D eigenvalue weighted by atomic mass is 9.99. The molecule has 0 aliphatic carbocycles. The number of para-hydroxylation sites is 1. The van der Waals surface area contributed by atoms with E-state index in [1.54, 1.807) is 6.92 Å². The van der Waals surface area contributed by atoms with Crippen LogP contribution >= 0.6 is 0 Å². The summed E-state index contributed by atoms with van der Waals surface area (Å²) in [6.07, 6.45) is 0.593. The van der Waals surface area contributed by atoms with Crippen molar-refractivity contribution in [3.8, 4) is 0 Å². The minimum atomic E-state index is -0.727. The fraction of sp³-hybridized carbons (Fsp3) is 0.588. The second-order valence-corrected chi connectivity index (χ2v) is 6.19. The van der Waals surface area contributed by atoms with Crippen molar-refractivity contribution in [3.05, 3.63) is 29.8 Å². The number of carboxylic acids is 1. The molecule has 1 unspecified atom stereocenters. The van der Waals surface area contributed by atoms with Crippen molar-refractivity contribution in [3.63, 3.8) is 0 Å². The maximum atomic E-state index is 11.1. The van der Waals surface area contributed by atoms with Crippen LogP contribution in [0.15, 0.2) is 24.3 Å². The second kappa shape index (κ2) is 6.94. The Morgan fingerprint density at radius 2 is 1.76 bits per heavy atom. The number of rotatable bonds is 5. The summed E-state index contributed by atoms with van der Waals surface area (Å²) in [6, 6.07) is 8.81. The molecule has 0 saturated carbocycles. The third-order valence-electron chi connectivity index (χ3n) is 4.32. The molecule has 1 saturated heterocycles. The van der Waals surface area contributed by atoms with Gasteiger partial charge in [-0.3, -0.25) is 9.69 Å². The van der Waals surface area contributed by atoms with Gasteiger partial charge in [0.15, 0.2) is 0 Å². The summed E-state index contributed by atoms with van der Waals surface area (Å²) < 4.78 is 0. The number of hydrogen-bond acceptors (Lipinski definition) is 3. The molecule has 0 spiro atoms. The number of hydrogen-bond donors (Lipinski definition) is 1. The van der Waals surface area contributed by atoms with Crippen LogP contribution in [0.4, 0.5) is 5.69 Å². The predicted molar refractivity (Wildman–Crippen MR) is 85.9 cm³/mol. The van der Waals surface area contributed by atoms with Crippen LogP contribution in [0.2, 0.25) is 0 Å². The Balaban J connectivity index is 2.08. The van der Waals surface area contributed by atoms with Crippen LogP contribution < -0.4 is 4.90 Å². The summed E-state index contributed by atoms with van der Waals surface area (Å²) in [7, 11) is 0. The van der Waals surface area contributed by atoms with Crippen molar-refractivity contribution in [2.45, 2.75) is 33.2 Å². The highest BCUT2D eigenvalue weighted by atomic mass is 16.4. The fourth-order valence-electron chi connectivity index (χ4n) is 2.89. The zero-order valence-corrected chi connectivity index (χ0v) is 13.2. The summed E-state index contributed by atoms with van der Waals surface area (Å²) in [5.41, 5.74) is 2.35. The first-order valence-electron chi connectivity index (χ1n) is 7.78. The maximum absolute atomic E-state index is 11.1. The number of piperazine rings is 1. The molecule has 1 aromatic rings. The first-order chi connectivity index (χ1) is 9.99. The van der Waals surface area contributed by atoms with E-state index in [4.69, 9.17) is 5.11 Å². The lowest BCUT2D eigenvalue weighted by Crippen LogP contribution is -2.49. The van der Waals surface area contributed by atoms with Crippen LogP contribution in [0, 0.1) is 5.92 Å².